The number of rotatable bonds is 5. The van der Waals surface area contributed by atoms with Crippen molar-refractivity contribution in [3.8, 4) is 0 Å². The van der Waals surface area contributed by atoms with Crippen LogP contribution in [0.5, 0.6) is 0 Å². The third-order valence-corrected chi connectivity index (χ3v) is 4.05. The molecule has 2 N–H and O–H groups in total. The van der Waals surface area contributed by atoms with Gasteiger partial charge in [0.2, 0.25) is 0 Å². The first kappa shape index (κ1) is 10.9. The predicted octanol–water partition coefficient (Wildman–Crippen LogP) is -0.546. The Morgan fingerprint density at radius 3 is 2.46 bits per heavy atom. The van der Waals surface area contributed by atoms with E-state index in [4.69, 9.17) is 5.73 Å². The van der Waals surface area contributed by atoms with Gasteiger partial charge in [-0.2, -0.15) is 0 Å². The van der Waals surface area contributed by atoms with Gasteiger partial charge in [0.15, 0.2) is 9.84 Å². The Balaban J connectivity index is 2.18. The largest absolute Gasteiger partial charge is 0.325 e. The van der Waals surface area contributed by atoms with E-state index in [-0.39, 0.29) is 11.8 Å². The lowest BCUT2D eigenvalue weighted by Gasteiger charge is -2.36. The van der Waals surface area contributed by atoms with Crippen molar-refractivity contribution < 1.29 is 8.42 Å². The molecule has 0 aliphatic carbocycles. The number of sulfone groups is 1. The third kappa shape index (κ3) is 3.62. The van der Waals surface area contributed by atoms with E-state index in [9.17, 15) is 8.42 Å². The van der Waals surface area contributed by atoms with Crippen LogP contribution in [0, 0.1) is 0 Å². The Bertz CT molecular complexity index is 245. The lowest BCUT2D eigenvalue weighted by molar-refractivity contribution is 0.161. The van der Waals surface area contributed by atoms with E-state index in [1.54, 1.807) is 0 Å². The maximum atomic E-state index is 11.3. The molecule has 1 heterocycles. The minimum Gasteiger partial charge on any atom is -0.325 e. The predicted molar refractivity (Wildman–Crippen MR) is 53.4 cm³/mol. The Morgan fingerprint density at radius 2 is 2.00 bits per heavy atom. The van der Waals surface area contributed by atoms with E-state index < -0.39 is 9.84 Å². The van der Waals surface area contributed by atoms with Crippen LogP contribution in [0.25, 0.3) is 0 Å². The number of hydrogen-bond donors (Lipinski definition) is 1. The van der Waals surface area contributed by atoms with E-state index in [2.05, 4.69) is 4.90 Å². The fourth-order valence-electron chi connectivity index (χ4n) is 1.47. The van der Waals surface area contributed by atoms with Gasteiger partial charge >= 0.3 is 0 Å². The van der Waals surface area contributed by atoms with Crippen LogP contribution in [0.2, 0.25) is 0 Å². The molecule has 0 amide bonds. The second-order valence-electron chi connectivity index (χ2n) is 3.67. The van der Waals surface area contributed by atoms with E-state index in [1.165, 1.54) is 0 Å². The standard InChI is InChI=1S/C8H18N2O2S/c1-2-4-13(11,12)5-3-10-6-8(9)7-10/h8H,2-7,9H2,1H3. The molecule has 4 nitrogen and oxygen atoms in total. The molecule has 5 heteroatoms. The van der Waals surface area contributed by atoms with Gasteiger partial charge in [-0.1, -0.05) is 6.92 Å². The van der Waals surface area contributed by atoms with Crippen LogP contribution in [0.3, 0.4) is 0 Å². The summed E-state index contributed by atoms with van der Waals surface area (Å²) in [6.07, 6.45) is 0.710. The maximum absolute atomic E-state index is 11.3. The first-order valence-electron chi connectivity index (χ1n) is 4.72. The first-order valence-corrected chi connectivity index (χ1v) is 6.54. The Hall–Kier alpha value is -0.130. The van der Waals surface area contributed by atoms with E-state index in [0.29, 0.717) is 18.7 Å². The van der Waals surface area contributed by atoms with Gasteiger partial charge in [0.1, 0.15) is 0 Å². The number of nitrogens with zero attached hydrogens (tertiary/aromatic N) is 1. The van der Waals surface area contributed by atoms with Gasteiger partial charge in [-0.25, -0.2) is 8.42 Å². The average molecular weight is 206 g/mol. The average Bonchev–Trinajstić information content (AvgIpc) is 1.96. The summed E-state index contributed by atoms with van der Waals surface area (Å²) in [5, 5.41) is 0. The minimum atomic E-state index is -2.80. The fraction of sp³-hybridized carbons (Fsp3) is 1.00. The molecule has 0 spiro atoms. The van der Waals surface area contributed by atoms with Crippen LogP contribution in [-0.2, 0) is 9.84 Å². The number of likely N-dealkylation sites (tertiary alicyclic amines) is 1. The third-order valence-electron chi connectivity index (χ3n) is 2.22. The molecular formula is C8H18N2O2S. The molecule has 1 aliphatic heterocycles. The molecule has 1 rings (SSSR count). The van der Waals surface area contributed by atoms with Crippen molar-refractivity contribution >= 4 is 9.84 Å². The van der Waals surface area contributed by atoms with E-state index >= 15 is 0 Å². The molecule has 78 valence electrons. The first-order chi connectivity index (χ1) is 6.03. The summed E-state index contributed by atoms with van der Waals surface area (Å²) < 4.78 is 22.6. The molecule has 0 aromatic heterocycles. The molecule has 0 aromatic carbocycles. The van der Waals surface area contributed by atoms with E-state index in [0.717, 1.165) is 13.1 Å². The van der Waals surface area contributed by atoms with Crippen LogP contribution >= 0.6 is 0 Å². The highest BCUT2D eigenvalue weighted by atomic mass is 32.2. The molecule has 1 saturated heterocycles. The number of nitrogens with two attached hydrogens (primary N) is 1. The zero-order chi connectivity index (χ0) is 9.90. The van der Waals surface area contributed by atoms with Gasteiger partial charge in [-0.15, -0.1) is 0 Å². The molecule has 13 heavy (non-hydrogen) atoms. The van der Waals surface area contributed by atoms with Gasteiger partial charge in [0, 0.05) is 31.4 Å². The molecule has 0 bridgehead atoms. The Labute approximate surface area is 80.0 Å². The van der Waals surface area contributed by atoms with Crippen molar-refractivity contribution in [3.05, 3.63) is 0 Å². The zero-order valence-electron chi connectivity index (χ0n) is 8.07. The highest BCUT2D eigenvalue weighted by molar-refractivity contribution is 7.91. The van der Waals surface area contributed by atoms with Crippen molar-refractivity contribution in [1.29, 1.82) is 0 Å². The molecule has 0 aromatic rings. The van der Waals surface area contributed by atoms with Crippen LogP contribution in [0.15, 0.2) is 0 Å². The van der Waals surface area contributed by atoms with Crippen molar-refractivity contribution in [2.75, 3.05) is 31.1 Å². The summed E-state index contributed by atoms with van der Waals surface area (Å²) in [4.78, 5) is 2.08. The van der Waals surface area contributed by atoms with Crippen molar-refractivity contribution in [2.45, 2.75) is 19.4 Å². The summed E-state index contributed by atoms with van der Waals surface area (Å²) >= 11 is 0. The van der Waals surface area contributed by atoms with Crippen molar-refractivity contribution in [1.82, 2.24) is 4.90 Å². The topological polar surface area (TPSA) is 63.4 Å². The normalized spacial score (nSPS) is 20.2. The van der Waals surface area contributed by atoms with Gasteiger partial charge in [-0.05, 0) is 6.42 Å². The van der Waals surface area contributed by atoms with Crippen molar-refractivity contribution in [2.24, 2.45) is 5.73 Å². The van der Waals surface area contributed by atoms with Gasteiger partial charge in [0.25, 0.3) is 0 Å². The van der Waals surface area contributed by atoms with Gasteiger partial charge < -0.3 is 5.73 Å². The minimum absolute atomic E-state index is 0.258. The number of hydrogen-bond acceptors (Lipinski definition) is 4. The zero-order valence-corrected chi connectivity index (χ0v) is 8.89. The molecule has 0 atom stereocenters. The van der Waals surface area contributed by atoms with E-state index in [1.807, 2.05) is 6.92 Å². The molecule has 0 radical (unpaired) electrons. The summed E-state index contributed by atoms with van der Waals surface area (Å²) in [7, 11) is -2.80. The van der Waals surface area contributed by atoms with Crippen LogP contribution in [0.4, 0.5) is 0 Å². The lowest BCUT2D eigenvalue weighted by Crippen LogP contribution is -2.56. The molecule has 0 unspecified atom stereocenters. The summed E-state index contributed by atoms with van der Waals surface area (Å²) in [5.74, 6) is 0.598. The summed E-state index contributed by atoms with van der Waals surface area (Å²) in [6.45, 7) is 4.23. The quantitative estimate of drug-likeness (QED) is 0.656. The smallest absolute Gasteiger partial charge is 0.151 e. The molecule has 0 saturated carbocycles. The summed E-state index contributed by atoms with van der Waals surface area (Å²) in [5.41, 5.74) is 5.58. The van der Waals surface area contributed by atoms with Gasteiger partial charge in [0.05, 0.1) is 5.75 Å². The van der Waals surface area contributed by atoms with Gasteiger partial charge in [-0.3, -0.25) is 4.90 Å². The highest BCUT2D eigenvalue weighted by Crippen LogP contribution is 2.05. The van der Waals surface area contributed by atoms with Crippen LogP contribution < -0.4 is 5.73 Å². The van der Waals surface area contributed by atoms with Crippen LogP contribution in [0.1, 0.15) is 13.3 Å². The lowest BCUT2D eigenvalue weighted by atomic mass is 10.1. The Morgan fingerprint density at radius 1 is 1.38 bits per heavy atom. The van der Waals surface area contributed by atoms with Crippen LogP contribution in [-0.4, -0.2) is 50.5 Å². The molecule has 1 fully saturated rings. The van der Waals surface area contributed by atoms with Crippen molar-refractivity contribution in [3.63, 3.8) is 0 Å². The Kier molecular flexibility index (Phi) is 3.70. The second kappa shape index (κ2) is 4.39. The molecular weight excluding hydrogens is 188 g/mol. The monoisotopic (exact) mass is 206 g/mol. The highest BCUT2D eigenvalue weighted by Gasteiger charge is 2.23. The fourth-order valence-corrected chi connectivity index (χ4v) is 2.84. The summed E-state index contributed by atoms with van der Waals surface area (Å²) in [6, 6.07) is 0.258. The SMILES string of the molecule is CCCS(=O)(=O)CCN1CC(N)C1. The maximum Gasteiger partial charge on any atom is 0.151 e. The second-order valence-corrected chi connectivity index (χ2v) is 5.98. The molecule has 1 aliphatic rings.